The summed E-state index contributed by atoms with van der Waals surface area (Å²) in [7, 11) is -1.19. The molecule has 6 heteroatoms. The summed E-state index contributed by atoms with van der Waals surface area (Å²) < 4.78 is 11.8. The minimum Gasteiger partial charge on any atom is -0.480 e. The second-order valence-electron chi connectivity index (χ2n) is 5.38. The van der Waals surface area contributed by atoms with Crippen LogP contribution in [0.2, 0.25) is 0 Å². The highest BCUT2D eigenvalue weighted by Crippen LogP contribution is 2.08. The molecule has 0 fully saturated rings. The Morgan fingerprint density at radius 3 is 2.05 bits per heavy atom. The van der Waals surface area contributed by atoms with Crippen LogP contribution in [0.1, 0.15) is 65.2 Å². The smallest absolute Gasteiger partial charge is 0.327 e. The van der Waals surface area contributed by atoms with Gasteiger partial charge in [0.2, 0.25) is 5.91 Å². The van der Waals surface area contributed by atoms with Gasteiger partial charge in [0.05, 0.1) is 5.75 Å². The first-order valence-electron chi connectivity index (χ1n) is 7.82. The number of rotatable bonds is 13. The first-order valence-corrected chi connectivity index (χ1v) is 9.31. The summed E-state index contributed by atoms with van der Waals surface area (Å²) in [6.07, 6.45) is 9.36. The van der Waals surface area contributed by atoms with Crippen LogP contribution < -0.4 is 5.32 Å². The third-order valence-electron chi connectivity index (χ3n) is 3.25. The molecule has 0 rings (SSSR count). The van der Waals surface area contributed by atoms with Crippen molar-refractivity contribution in [2.45, 2.75) is 71.3 Å². The maximum absolute atomic E-state index is 11.8. The predicted molar refractivity (Wildman–Crippen MR) is 85.7 cm³/mol. The van der Waals surface area contributed by atoms with E-state index in [-0.39, 0.29) is 5.75 Å². The summed E-state index contributed by atoms with van der Waals surface area (Å²) in [6, 6.07) is -1.04. The molecule has 2 N–H and O–H groups in total. The van der Waals surface area contributed by atoms with Crippen LogP contribution in [0.25, 0.3) is 0 Å². The van der Waals surface area contributed by atoms with Crippen LogP contribution in [-0.2, 0) is 20.4 Å². The average Bonchev–Trinajstić information content (AvgIpc) is 2.40. The molecular weight excluding hydrogens is 290 g/mol. The molecule has 21 heavy (non-hydrogen) atoms. The molecule has 2 unspecified atom stereocenters. The van der Waals surface area contributed by atoms with Gasteiger partial charge in [-0.1, -0.05) is 51.9 Å². The number of carbonyl (C=O) groups is 2. The zero-order valence-corrected chi connectivity index (χ0v) is 14.0. The Bertz CT molecular complexity index is 334. The van der Waals surface area contributed by atoms with E-state index in [2.05, 4.69) is 12.2 Å². The molecule has 0 saturated heterocycles. The van der Waals surface area contributed by atoms with Gasteiger partial charge in [0.1, 0.15) is 6.04 Å². The highest BCUT2D eigenvalue weighted by Gasteiger charge is 2.20. The molecule has 0 radical (unpaired) electrons. The van der Waals surface area contributed by atoms with E-state index in [9.17, 15) is 13.8 Å². The first-order chi connectivity index (χ1) is 9.97. The van der Waals surface area contributed by atoms with Gasteiger partial charge in [0.15, 0.2) is 0 Å². The topological polar surface area (TPSA) is 83.5 Å². The minimum atomic E-state index is -1.19. The van der Waals surface area contributed by atoms with E-state index in [1.807, 2.05) is 0 Å². The Morgan fingerprint density at radius 2 is 1.57 bits per heavy atom. The average molecular weight is 319 g/mol. The van der Waals surface area contributed by atoms with Crippen molar-refractivity contribution in [2.24, 2.45) is 0 Å². The number of nitrogens with one attached hydrogen (secondary N) is 1. The molecule has 0 aliphatic carbocycles. The SMILES string of the molecule is CCCCCCCCCCS(=O)CC(NC(C)=O)C(=O)O. The van der Waals surface area contributed by atoms with Gasteiger partial charge in [-0.05, 0) is 6.42 Å². The Hall–Kier alpha value is -0.910. The summed E-state index contributed by atoms with van der Waals surface area (Å²) in [6.45, 7) is 3.46. The monoisotopic (exact) mass is 319 g/mol. The fraction of sp³-hybridized carbons (Fsp3) is 0.867. The molecular formula is C15H29NO4S. The molecule has 0 aromatic rings. The minimum absolute atomic E-state index is 0.00852. The zero-order chi connectivity index (χ0) is 16.1. The number of unbranched alkanes of at least 4 members (excludes halogenated alkanes) is 7. The van der Waals surface area contributed by atoms with Crippen LogP contribution in [0.5, 0.6) is 0 Å². The van der Waals surface area contributed by atoms with Gasteiger partial charge >= 0.3 is 5.97 Å². The Balaban J connectivity index is 3.69. The molecule has 0 spiro atoms. The van der Waals surface area contributed by atoms with Crippen LogP contribution in [0.15, 0.2) is 0 Å². The fourth-order valence-electron chi connectivity index (χ4n) is 2.09. The molecule has 124 valence electrons. The number of aliphatic carboxylic acids is 1. The number of hydrogen-bond donors (Lipinski definition) is 2. The Kier molecular flexibility index (Phi) is 12.2. The molecule has 0 bridgehead atoms. The standard InChI is InChI=1S/C15H29NO4S/c1-3-4-5-6-7-8-9-10-11-21(20)12-14(15(18)19)16-13(2)17/h14H,3-12H2,1-2H3,(H,16,17)(H,18,19). The van der Waals surface area contributed by atoms with Crippen molar-refractivity contribution in [3.8, 4) is 0 Å². The van der Waals surface area contributed by atoms with E-state index in [4.69, 9.17) is 5.11 Å². The summed E-state index contributed by atoms with van der Waals surface area (Å²) in [4.78, 5) is 21.8. The summed E-state index contributed by atoms with van der Waals surface area (Å²) in [5.41, 5.74) is 0. The molecule has 0 aromatic carbocycles. The largest absolute Gasteiger partial charge is 0.480 e. The summed E-state index contributed by atoms with van der Waals surface area (Å²) >= 11 is 0. The molecule has 5 nitrogen and oxygen atoms in total. The molecule has 0 saturated carbocycles. The second-order valence-corrected chi connectivity index (χ2v) is 7.00. The van der Waals surface area contributed by atoms with Crippen molar-refractivity contribution in [3.63, 3.8) is 0 Å². The molecule has 0 aromatic heterocycles. The third kappa shape index (κ3) is 12.5. The van der Waals surface area contributed by atoms with E-state index >= 15 is 0 Å². The summed E-state index contributed by atoms with van der Waals surface area (Å²) in [5.74, 6) is -1.04. The van der Waals surface area contributed by atoms with Crippen molar-refractivity contribution in [2.75, 3.05) is 11.5 Å². The molecule has 0 aliphatic heterocycles. The van der Waals surface area contributed by atoms with Crippen molar-refractivity contribution < 1.29 is 18.9 Å². The van der Waals surface area contributed by atoms with Crippen molar-refractivity contribution >= 4 is 22.7 Å². The fourth-order valence-corrected chi connectivity index (χ4v) is 3.38. The third-order valence-corrected chi connectivity index (χ3v) is 4.70. The van der Waals surface area contributed by atoms with Crippen LogP contribution in [0.3, 0.4) is 0 Å². The Morgan fingerprint density at radius 1 is 1.05 bits per heavy atom. The summed E-state index contributed by atoms with van der Waals surface area (Å²) in [5, 5.41) is 11.2. The second kappa shape index (κ2) is 12.8. The lowest BCUT2D eigenvalue weighted by molar-refractivity contribution is -0.140. The number of carboxylic acid groups (broad SMARTS) is 1. The van der Waals surface area contributed by atoms with E-state index in [0.717, 1.165) is 19.3 Å². The van der Waals surface area contributed by atoms with Crippen molar-refractivity contribution in [1.29, 1.82) is 0 Å². The van der Waals surface area contributed by atoms with E-state index < -0.39 is 28.7 Å². The van der Waals surface area contributed by atoms with Crippen LogP contribution in [0.4, 0.5) is 0 Å². The van der Waals surface area contributed by atoms with Crippen LogP contribution in [0, 0.1) is 0 Å². The van der Waals surface area contributed by atoms with Gasteiger partial charge in [0, 0.05) is 23.5 Å². The Labute approximate surface area is 130 Å². The van der Waals surface area contributed by atoms with Crippen LogP contribution in [-0.4, -0.2) is 38.7 Å². The van der Waals surface area contributed by atoms with E-state index in [1.165, 1.54) is 39.0 Å². The lowest BCUT2D eigenvalue weighted by atomic mass is 10.1. The lowest BCUT2D eigenvalue weighted by Crippen LogP contribution is -2.43. The normalized spacial score (nSPS) is 13.6. The number of carbonyl (C=O) groups excluding carboxylic acids is 1. The first kappa shape index (κ1) is 20.1. The van der Waals surface area contributed by atoms with Gasteiger partial charge in [-0.25, -0.2) is 4.79 Å². The highest BCUT2D eigenvalue weighted by atomic mass is 32.2. The van der Waals surface area contributed by atoms with Crippen LogP contribution >= 0.6 is 0 Å². The molecule has 0 heterocycles. The molecule has 2 atom stereocenters. The van der Waals surface area contributed by atoms with Crippen molar-refractivity contribution in [3.05, 3.63) is 0 Å². The number of carboxylic acids is 1. The number of hydrogen-bond acceptors (Lipinski definition) is 3. The highest BCUT2D eigenvalue weighted by molar-refractivity contribution is 7.85. The van der Waals surface area contributed by atoms with Gasteiger partial charge in [-0.15, -0.1) is 0 Å². The van der Waals surface area contributed by atoms with Crippen molar-refractivity contribution in [1.82, 2.24) is 5.32 Å². The molecule has 1 amide bonds. The quantitative estimate of drug-likeness (QED) is 0.511. The lowest BCUT2D eigenvalue weighted by Gasteiger charge is -2.12. The predicted octanol–water partition coefficient (Wildman–Crippen LogP) is 2.47. The number of amides is 1. The van der Waals surface area contributed by atoms with Gasteiger partial charge in [0.25, 0.3) is 0 Å². The van der Waals surface area contributed by atoms with E-state index in [0.29, 0.717) is 5.75 Å². The van der Waals surface area contributed by atoms with Gasteiger partial charge in [-0.3, -0.25) is 9.00 Å². The maximum Gasteiger partial charge on any atom is 0.327 e. The van der Waals surface area contributed by atoms with Gasteiger partial charge < -0.3 is 10.4 Å². The maximum atomic E-state index is 11.8. The zero-order valence-electron chi connectivity index (χ0n) is 13.2. The van der Waals surface area contributed by atoms with E-state index in [1.54, 1.807) is 0 Å². The van der Waals surface area contributed by atoms with Gasteiger partial charge in [-0.2, -0.15) is 0 Å². The molecule has 0 aliphatic rings.